The molecule has 0 amide bonds. The van der Waals surface area contributed by atoms with Crippen LogP contribution in [0.4, 0.5) is 0 Å². The molecule has 0 saturated heterocycles. The van der Waals surface area contributed by atoms with E-state index >= 15 is 0 Å². The van der Waals surface area contributed by atoms with Crippen molar-refractivity contribution >= 4 is 17.7 Å². The monoisotopic (exact) mass is 182 g/mol. The van der Waals surface area contributed by atoms with Crippen LogP contribution in [0.1, 0.15) is 18.9 Å². The molecule has 12 heavy (non-hydrogen) atoms. The predicted octanol–water partition coefficient (Wildman–Crippen LogP) is 3.96. The molecule has 0 spiro atoms. The second-order valence-electron chi connectivity index (χ2n) is 2.30. The molecule has 0 aromatic heterocycles. The molecule has 0 bridgehead atoms. The Hall–Kier alpha value is -0.750. The number of hydrogen-bond acceptors (Lipinski definition) is 0. The van der Waals surface area contributed by atoms with Gasteiger partial charge in [0.1, 0.15) is 0 Å². The SMILES string of the molecule is C=Cc1ccccc1.CCCCl. The summed E-state index contributed by atoms with van der Waals surface area (Å²) in [5.41, 5.74) is 1.17. The van der Waals surface area contributed by atoms with Gasteiger partial charge in [-0.15, -0.1) is 11.6 Å². The summed E-state index contributed by atoms with van der Waals surface area (Å²) in [5, 5.41) is 0. The lowest BCUT2D eigenvalue weighted by atomic mass is 10.2. The van der Waals surface area contributed by atoms with Crippen molar-refractivity contribution in [3.8, 4) is 0 Å². The number of benzene rings is 1. The van der Waals surface area contributed by atoms with Crippen LogP contribution in [0, 0.1) is 0 Å². The van der Waals surface area contributed by atoms with Gasteiger partial charge in [-0.1, -0.05) is 49.9 Å². The van der Waals surface area contributed by atoms with Crippen molar-refractivity contribution in [3.05, 3.63) is 42.5 Å². The average molecular weight is 183 g/mol. The predicted molar refractivity (Wildman–Crippen MR) is 57.5 cm³/mol. The van der Waals surface area contributed by atoms with Gasteiger partial charge in [0.15, 0.2) is 0 Å². The minimum absolute atomic E-state index is 0.792. The zero-order valence-corrected chi connectivity index (χ0v) is 8.22. The lowest BCUT2D eigenvalue weighted by molar-refractivity contribution is 1.10. The van der Waals surface area contributed by atoms with Crippen molar-refractivity contribution in [2.24, 2.45) is 0 Å². The van der Waals surface area contributed by atoms with Gasteiger partial charge in [0, 0.05) is 5.88 Å². The molecule has 1 heteroatoms. The van der Waals surface area contributed by atoms with Gasteiger partial charge < -0.3 is 0 Å². The van der Waals surface area contributed by atoms with E-state index in [4.69, 9.17) is 11.6 Å². The first-order chi connectivity index (χ1) is 5.85. The molecule has 1 aromatic rings. The van der Waals surface area contributed by atoms with E-state index in [0.717, 1.165) is 12.3 Å². The van der Waals surface area contributed by atoms with Crippen molar-refractivity contribution in [1.82, 2.24) is 0 Å². The Morgan fingerprint density at radius 2 is 1.83 bits per heavy atom. The second kappa shape index (κ2) is 8.35. The summed E-state index contributed by atoms with van der Waals surface area (Å²) in [7, 11) is 0. The fourth-order valence-electron chi connectivity index (χ4n) is 0.589. The van der Waals surface area contributed by atoms with Gasteiger partial charge in [-0.3, -0.25) is 0 Å². The average Bonchev–Trinajstić information content (AvgIpc) is 2.19. The highest BCUT2D eigenvalue weighted by Gasteiger charge is 1.75. The lowest BCUT2D eigenvalue weighted by Gasteiger charge is -1.85. The summed E-state index contributed by atoms with van der Waals surface area (Å²) in [4.78, 5) is 0. The molecular weight excluding hydrogens is 168 g/mol. The molecule has 0 heterocycles. The van der Waals surface area contributed by atoms with Crippen molar-refractivity contribution in [2.45, 2.75) is 13.3 Å². The smallest absolute Gasteiger partial charge is 0.0220 e. The molecule has 1 aromatic carbocycles. The zero-order valence-electron chi connectivity index (χ0n) is 7.46. The van der Waals surface area contributed by atoms with E-state index in [9.17, 15) is 0 Å². The fraction of sp³-hybridized carbons (Fsp3) is 0.273. The van der Waals surface area contributed by atoms with Gasteiger partial charge in [0.25, 0.3) is 0 Å². The van der Waals surface area contributed by atoms with Crippen molar-refractivity contribution in [3.63, 3.8) is 0 Å². The number of hydrogen-bond donors (Lipinski definition) is 0. The summed E-state index contributed by atoms with van der Waals surface area (Å²) in [5.74, 6) is 0.792. The van der Waals surface area contributed by atoms with Gasteiger partial charge in [0.05, 0.1) is 0 Å². The maximum Gasteiger partial charge on any atom is 0.0220 e. The molecule has 0 fully saturated rings. The van der Waals surface area contributed by atoms with Gasteiger partial charge in [0.2, 0.25) is 0 Å². The van der Waals surface area contributed by atoms with Crippen LogP contribution in [-0.2, 0) is 0 Å². The minimum Gasteiger partial charge on any atom is -0.127 e. The van der Waals surface area contributed by atoms with Crippen molar-refractivity contribution < 1.29 is 0 Å². The van der Waals surface area contributed by atoms with Crippen LogP contribution in [0.25, 0.3) is 6.08 Å². The molecule has 1 rings (SSSR count). The van der Waals surface area contributed by atoms with E-state index < -0.39 is 0 Å². The highest BCUT2D eigenvalue weighted by molar-refractivity contribution is 6.17. The first kappa shape index (κ1) is 11.2. The lowest BCUT2D eigenvalue weighted by Crippen LogP contribution is -1.63. The Morgan fingerprint density at radius 1 is 1.33 bits per heavy atom. The van der Waals surface area contributed by atoms with Crippen molar-refractivity contribution in [1.29, 1.82) is 0 Å². The number of alkyl halides is 1. The standard InChI is InChI=1S/C8H8.C3H7Cl/c1-2-8-6-4-3-5-7-8;1-2-3-4/h2-7H,1H2;2-3H2,1H3. The van der Waals surface area contributed by atoms with Crippen LogP contribution in [0.15, 0.2) is 36.9 Å². The summed E-state index contributed by atoms with van der Waals surface area (Å²) in [6.07, 6.45) is 2.92. The van der Waals surface area contributed by atoms with E-state index in [1.165, 1.54) is 5.56 Å². The van der Waals surface area contributed by atoms with E-state index in [0.29, 0.717) is 0 Å². The molecule has 0 aliphatic carbocycles. The topological polar surface area (TPSA) is 0 Å². The van der Waals surface area contributed by atoms with Gasteiger partial charge in [-0.2, -0.15) is 0 Å². The van der Waals surface area contributed by atoms with Crippen LogP contribution >= 0.6 is 11.6 Å². The van der Waals surface area contributed by atoms with E-state index in [2.05, 4.69) is 6.58 Å². The molecule has 0 radical (unpaired) electrons. The third-order valence-electron chi connectivity index (χ3n) is 1.22. The van der Waals surface area contributed by atoms with E-state index in [-0.39, 0.29) is 0 Å². The van der Waals surface area contributed by atoms with Crippen LogP contribution in [0.3, 0.4) is 0 Å². The second-order valence-corrected chi connectivity index (χ2v) is 2.68. The Labute approximate surface area is 79.9 Å². The first-order valence-electron chi connectivity index (χ1n) is 4.08. The summed E-state index contributed by atoms with van der Waals surface area (Å²) in [6, 6.07) is 10.0. The van der Waals surface area contributed by atoms with Crippen LogP contribution < -0.4 is 0 Å². The Balaban J connectivity index is 0.000000261. The van der Waals surface area contributed by atoms with Crippen LogP contribution in [0.5, 0.6) is 0 Å². The molecule has 0 aliphatic rings. The van der Waals surface area contributed by atoms with Gasteiger partial charge >= 0.3 is 0 Å². The molecule has 66 valence electrons. The Morgan fingerprint density at radius 3 is 2.08 bits per heavy atom. The minimum atomic E-state index is 0.792. The molecule has 0 nitrogen and oxygen atoms in total. The van der Waals surface area contributed by atoms with Crippen LogP contribution in [0.2, 0.25) is 0 Å². The largest absolute Gasteiger partial charge is 0.127 e. The summed E-state index contributed by atoms with van der Waals surface area (Å²) >= 11 is 5.19. The van der Waals surface area contributed by atoms with E-state index in [1.807, 2.05) is 43.3 Å². The van der Waals surface area contributed by atoms with Crippen molar-refractivity contribution in [2.75, 3.05) is 5.88 Å². The summed E-state index contributed by atoms with van der Waals surface area (Å²) < 4.78 is 0. The maximum atomic E-state index is 5.19. The first-order valence-corrected chi connectivity index (χ1v) is 4.62. The molecule has 0 aliphatic heterocycles. The van der Waals surface area contributed by atoms with Gasteiger partial charge in [-0.25, -0.2) is 0 Å². The Kier molecular flexibility index (Phi) is 7.83. The van der Waals surface area contributed by atoms with E-state index in [1.54, 1.807) is 0 Å². The molecule has 0 saturated carbocycles. The number of halogens is 1. The number of rotatable bonds is 2. The third-order valence-corrected chi connectivity index (χ3v) is 1.60. The fourth-order valence-corrected chi connectivity index (χ4v) is 0.589. The molecular formula is C11H15Cl. The molecule has 0 unspecified atom stereocenters. The molecule has 0 N–H and O–H groups in total. The normalized spacial score (nSPS) is 8.17. The molecule has 0 atom stereocenters. The summed E-state index contributed by atoms with van der Waals surface area (Å²) in [6.45, 7) is 5.68. The zero-order chi connectivity index (χ0) is 9.23. The van der Waals surface area contributed by atoms with Crippen LogP contribution in [-0.4, -0.2) is 5.88 Å². The quantitative estimate of drug-likeness (QED) is 0.608. The Bertz CT molecular complexity index is 189. The highest BCUT2D eigenvalue weighted by Crippen LogP contribution is 1.97. The maximum absolute atomic E-state index is 5.19. The third kappa shape index (κ3) is 5.99. The van der Waals surface area contributed by atoms with Gasteiger partial charge in [-0.05, 0) is 12.0 Å². The highest BCUT2D eigenvalue weighted by atomic mass is 35.5.